The van der Waals surface area contributed by atoms with Crippen LogP contribution in [-0.2, 0) is 7.05 Å². The lowest BCUT2D eigenvalue weighted by atomic mass is 10.1. The molecule has 0 bridgehead atoms. The third-order valence-electron chi connectivity index (χ3n) is 2.25. The summed E-state index contributed by atoms with van der Waals surface area (Å²) in [6.45, 7) is 2.07. The van der Waals surface area contributed by atoms with Crippen LogP contribution in [0.3, 0.4) is 0 Å². The fourth-order valence-electron chi connectivity index (χ4n) is 1.59. The molecule has 1 aromatic carbocycles. The van der Waals surface area contributed by atoms with Crippen LogP contribution in [0.25, 0.3) is 11.3 Å². The largest absolute Gasteiger partial charge is 0.268 e. The van der Waals surface area contributed by atoms with Crippen molar-refractivity contribution in [3.63, 3.8) is 0 Å². The molecule has 0 saturated carbocycles. The summed E-state index contributed by atoms with van der Waals surface area (Å²) >= 11 is 3.54. The molecule has 1 heterocycles. The summed E-state index contributed by atoms with van der Waals surface area (Å²) in [5.41, 5.74) is 3.54. The third kappa shape index (κ3) is 1.48. The van der Waals surface area contributed by atoms with Gasteiger partial charge in [-0.25, -0.2) is 0 Å². The van der Waals surface area contributed by atoms with Crippen LogP contribution in [0.5, 0.6) is 0 Å². The number of nitrogens with zero attached hydrogens (tertiary/aromatic N) is 2. The molecule has 0 atom stereocenters. The number of aryl methyl sites for hydroxylation is 2. The highest BCUT2D eigenvalue weighted by Crippen LogP contribution is 2.29. The van der Waals surface area contributed by atoms with Gasteiger partial charge < -0.3 is 0 Å². The Morgan fingerprint density at radius 2 is 2.00 bits per heavy atom. The van der Waals surface area contributed by atoms with Crippen molar-refractivity contribution >= 4 is 15.9 Å². The molecule has 0 aliphatic carbocycles. The first-order valence-electron chi connectivity index (χ1n) is 4.43. The molecule has 0 aliphatic heterocycles. The smallest absolute Gasteiger partial charge is 0.0719 e. The molecule has 72 valence electrons. The molecule has 2 nitrogen and oxygen atoms in total. The Morgan fingerprint density at radius 1 is 1.29 bits per heavy atom. The third-order valence-corrected chi connectivity index (χ3v) is 2.94. The van der Waals surface area contributed by atoms with Crippen LogP contribution < -0.4 is 0 Å². The van der Waals surface area contributed by atoms with E-state index in [4.69, 9.17) is 0 Å². The van der Waals surface area contributed by atoms with Crippen LogP contribution >= 0.6 is 15.9 Å². The van der Waals surface area contributed by atoms with Gasteiger partial charge in [-0.3, -0.25) is 4.68 Å². The molecule has 0 fully saturated rings. The van der Waals surface area contributed by atoms with Gasteiger partial charge in [0.05, 0.1) is 11.9 Å². The summed E-state index contributed by atoms with van der Waals surface area (Å²) in [6.07, 6.45) is 1.88. The quantitative estimate of drug-likeness (QED) is 0.761. The van der Waals surface area contributed by atoms with E-state index in [1.165, 1.54) is 11.1 Å². The molecule has 0 aliphatic rings. The van der Waals surface area contributed by atoms with Crippen LogP contribution in [0.15, 0.2) is 34.9 Å². The topological polar surface area (TPSA) is 17.8 Å². The molecular weight excluding hydrogens is 240 g/mol. The molecule has 0 unspecified atom stereocenters. The van der Waals surface area contributed by atoms with Gasteiger partial charge in [0.25, 0.3) is 0 Å². The van der Waals surface area contributed by atoms with Crippen molar-refractivity contribution in [2.75, 3.05) is 0 Å². The van der Waals surface area contributed by atoms with Crippen molar-refractivity contribution in [2.24, 2.45) is 7.05 Å². The maximum absolute atomic E-state index is 4.23. The highest BCUT2D eigenvalue weighted by Gasteiger charge is 2.09. The van der Waals surface area contributed by atoms with Gasteiger partial charge in [-0.05, 0) is 18.6 Å². The maximum Gasteiger partial charge on any atom is 0.0719 e. The summed E-state index contributed by atoms with van der Waals surface area (Å²) in [6, 6.07) is 8.18. The fourth-order valence-corrected chi connectivity index (χ4v) is 2.06. The van der Waals surface area contributed by atoms with Gasteiger partial charge in [0.1, 0.15) is 0 Å². The SMILES string of the molecule is Cc1cnn(C)c1-c1ccccc1Br. The van der Waals surface area contributed by atoms with Gasteiger partial charge >= 0.3 is 0 Å². The molecular formula is C11H11BrN2. The zero-order valence-corrected chi connectivity index (χ0v) is 9.75. The van der Waals surface area contributed by atoms with E-state index < -0.39 is 0 Å². The second kappa shape index (κ2) is 3.58. The number of halogens is 1. The molecule has 2 rings (SSSR count). The van der Waals surface area contributed by atoms with E-state index in [0.29, 0.717) is 0 Å². The van der Waals surface area contributed by atoms with E-state index in [9.17, 15) is 0 Å². The van der Waals surface area contributed by atoms with Crippen molar-refractivity contribution in [2.45, 2.75) is 6.92 Å². The Bertz CT molecular complexity index is 441. The molecule has 3 heteroatoms. The predicted octanol–water partition coefficient (Wildman–Crippen LogP) is 3.16. The Hall–Kier alpha value is -1.09. The Labute approximate surface area is 91.7 Å². The first-order valence-corrected chi connectivity index (χ1v) is 5.23. The van der Waals surface area contributed by atoms with Gasteiger partial charge in [0, 0.05) is 17.1 Å². The fraction of sp³-hybridized carbons (Fsp3) is 0.182. The number of hydrogen-bond acceptors (Lipinski definition) is 1. The second-order valence-electron chi connectivity index (χ2n) is 3.28. The normalized spacial score (nSPS) is 10.5. The summed E-state index contributed by atoms with van der Waals surface area (Å²) < 4.78 is 3.00. The average Bonchev–Trinajstić information content (AvgIpc) is 2.48. The van der Waals surface area contributed by atoms with Crippen LogP contribution in [0, 0.1) is 6.92 Å². The number of hydrogen-bond donors (Lipinski definition) is 0. The highest BCUT2D eigenvalue weighted by molar-refractivity contribution is 9.10. The first-order chi connectivity index (χ1) is 6.70. The van der Waals surface area contributed by atoms with E-state index in [-0.39, 0.29) is 0 Å². The average molecular weight is 251 g/mol. The Balaban J connectivity index is 2.66. The minimum absolute atomic E-state index is 1.10. The second-order valence-corrected chi connectivity index (χ2v) is 4.13. The molecule has 0 N–H and O–H groups in total. The summed E-state index contributed by atoms with van der Waals surface area (Å²) in [5, 5.41) is 4.23. The van der Waals surface area contributed by atoms with Crippen LogP contribution in [0.4, 0.5) is 0 Å². The standard InChI is InChI=1S/C11H11BrN2/c1-8-7-13-14(2)11(8)9-5-3-4-6-10(9)12/h3-7H,1-2H3. The molecule has 1 aromatic heterocycles. The zero-order chi connectivity index (χ0) is 10.1. The van der Waals surface area contributed by atoms with E-state index >= 15 is 0 Å². The molecule has 0 radical (unpaired) electrons. The minimum atomic E-state index is 1.10. The van der Waals surface area contributed by atoms with Crippen molar-refractivity contribution < 1.29 is 0 Å². The Morgan fingerprint density at radius 3 is 2.57 bits per heavy atom. The summed E-state index contributed by atoms with van der Waals surface area (Å²) in [5.74, 6) is 0. The first kappa shape index (κ1) is 9.46. The van der Waals surface area contributed by atoms with Crippen molar-refractivity contribution in [3.8, 4) is 11.3 Å². The van der Waals surface area contributed by atoms with Gasteiger partial charge in [-0.1, -0.05) is 34.1 Å². The van der Waals surface area contributed by atoms with E-state index in [1.807, 2.05) is 36.1 Å². The molecule has 0 amide bonds. The number of rotatable bonds is 1. The van der Waals surface area contributed by atoms with E-state index in [1.54, 1.807) is 0 Å². The lowest BCUT2D eigenvalue weighted by molar-refractivity contribution is 0.775. The Kier molecular flexibility index (Phi) is 2.42. The van der Waals surface area contributed by atoms with E-state index in [0.717, 1.165) is 10.2 Å². The summed E-state index contributed by atoms with van der Waals surface area (Å²) in [7, 11) is 1.96. The van der Waals surface area contributed by atoms with Crippen LogP contribution in [0.2, 0.25) is 0 Å². The number of aromatic nitrogens is 2. The lowest BCUT2D eigenvalue weighted by Gasteiger charge is -2.05. The minimum Gasteiger partial charge on any atom is -0.268 e. The predicted molar refractivity (Wildman–Crippen MR) is 61.1 cm³/mol. The lowest BCUT2D eigenvalue weighted by Crippen LogP contribution is -1.94. The van der Waals surface area contributed by atoms with Crippen LogP contribution in [-0.4, -0.2) is 9.78 Å². The van der Waals surface area contributed by atoms with Gasteiger partial charge in [-0.15, -0.1) is 0 Å². The van der Waals surface area contributed by atoms with E-state index in [2.05, 4.69) is 34.0 Å². The highest BCUT2D eigenvalue weighted by atomic mass is 79.9. The van der Waals surface area contributed by atoms with Crippen molar-refractivity contribution in [3.05, 3.63) is 40.5 Å². The number of benzene rings is 1. The van der Waals surface area contributed by atoms with Gasteiger partial charge in [0.15, 0.2) is 0 Å². The molecule has 2 aromatic rings. The maximum atomic E-state index is 4.23. The van der Waals surface area contributed by atoms with Gasteiger partial charge in [-0.2, -0.15) is 5.10 Å². The van der Waals surface area contributed by atoms with Crippen molar-refractivity contribution in [1.82, 2.24) is 9.78 Å². The molecule has 0 saturated heterocycles. The van der Waals surface area contributed by atoms with Gasteiger partial charge in [0.2, 0.25) is 0 Å². The summed E-state index contributed by atoms with van der Waals surface area (Å²) in [4.78, 5) is 0. The molecule has 14 heavy (non-hydrogen) atoms. The molecule has 0 spiro atoms. The van der Waals surface area contributed by atoms with Crippen molar-refractivity contribution in [1.29, 1.82) is 0 Å². The zero-order valence-electron chi connectivity index (χ0n) is 8.16. The monoisotopic (exact) mass is 250 g/mol. The van der Waals surface area contributed by atoms with Crippen LogP contribution in [0.1, 0.15) is 5.56 Å².